The lowest BCUT2D eigenvalue weighted by Gasteiger charge is -2.13. The summed E-state index contributed by atoms with van der Waals surface area (Å²) in [6.07, 6.45) is 2.54. The Hall–Kier alpha value is -0.470. The van der Waals surface area contributed by atoms with E-state index in [1.54, 1.807) is 0 Å². The van der Waals surface area contributed by atoms with Gasteiger partial charge in [0.15, 0.2) is 0 Å². The molecule has 1 rings (SSSR count). The lowest BCUT2D eigenvalue weighted by Crippen LogP contribution is -2.33. The number of imide groups is 1. The Bertz CT molecular complexity index is 262. The smallest absolute Gasteiger partial charge is 0.253 e. The van der Waals surface area contributed by atoms with E-state index in [0.29, 0.717) is 26.4 Å². The van der Waals surface area contributed by atoms with Crippen LogP contribution in [0.5, 0.6) is 0 Å². The summed E-state index contributed by atoms with van der Waals surface area (Å²) in [7, 11) is 0. The predicted molar refractivity (Wildman–Crippen MR) is 66.4 cm³/mol. The molecule has 0 radical (unpaired) electrons. The monoisotopic (exact) mass is 339 g/mol. The molecule has 0 saturated heterocycles. The van der Waals surface area contributed by atoms with Crippen LogP contribution in [0.2, 0.25) is 0 Å². The minimum atomic E-state index is -0.269. The first kappa shape index (κ1) is 13.6. The maximum Gasteiger partial charge on any atom is 0.253 e. The Labute approximate surface area is 108 Å². The highest BCUT2D eigenvalue weighted by Crippen LogP contribution is 2.02. The van der Waals surface area contributed by atoms with Gasteiger partial charge in [-0.25, -0.2) is 0 Å². The molecule has 1 heterocycles. The molecule has 0 atom stereocenters. The van der Waals surface area contributed by atoms with E-state index in [-0.39, 0.29) is 11.8 Å². The number of amides is 2. The van der Waals surface area contributed by atoms with E-state index in [4.69, 9.17) is 9.47 Å². The normalized spacial score (nSPS) is 15.2. The van der Waals surface area contributed by atoms with Crippen LogP contribution in [-0.2, 0) is 19.1 Å². The number of hydrogen-bond donors (Lipinski definition) is 0. The molecule has 0 aromatic heterocycles. The molecule has 0 unspecified atom stereocenters. The van der Waals surface area contributed by atoms with Crippen LogP contribution >= 0.6 is 22.6 Å². The standard InChI is InChI=1S/C10H14INO4/c11-3-5-15-7-8-16-6-4-12-9(13)1-2-10(12)14/h1-2H,3-8H2. The second-order valence-electron chi connectivity index (χ2n) is 3.08. The largest absolute Gasteiger partial charge is 0.378 e. The fourth-order valence-corrected chi connectivity index (χ4v) is 1.50. The van der Waals surface area contributed by atoms with Crippen molar-refractivity contribution in [2.75, 3.05) is 37.4 Å². The third-order valence-electron chi connectivity index (χ3n) is 1.95. The summed E-state index contributed by atoms with van der Waals surface area (Å²) in [5, 5.41) is 0. The predicted octanol–water partition coefficient (Wildman–Crippen LogP) is 0.380. The van der Waals surface area contributed by atoms with E-state index in [1.807, 2.05) is 0 Å². The average Bonchev–Trinajstić information content (AvgIpc) is 2.59. The third-order valence-corrected chi connectivity index (χ3v) is 2.39. The molecule has 0 spiro atoms. The molecular weight excluding hydrogens is 325 g/mol. The Morgan fingerprint density at radius 3 is 2.12 bits per heavy atom. The maximum atomic E-state index is 11.1. The lowest BCUT2D eigenvalue weighted by atomic mass is 10.5. The fraction of sp³-hybridized carbons (Fsp3) is 0.600. The van der Waals surface area contributed by atoms with E-state index in [9.17, 15) is 9.59 Å². The molecule has 0 N–H and O–H groups in total. The van der Waals surface area contributed by atoms with Gasteiger partial charge in [-0.05, 0) is 0 Å². The molecule has 1 aliphatic heterocycles. The van der Waals surface area contributed by atoms with Gasteiger partial charge in [0.2, 0.25) is 0 Å². The van der Waals surface area contributed by atoms with Crippen LogP contribution in [0.1, 0.15) is 0 Å². The number of carbonyl (C=O) groups excluding carboxylic acids is 2. The zero-order valence-electron chi connectivity index (χ0n) is 8.86. The van der Waals surface area contributed by atoms with Crippen molar-refractivity contribution in [1.82, 2.24) is 4.90 Å². The molecule has 0 saturated carbocycles. The zero-order chi connectivity index (χ0) is 11.8. The summed E-state index contributed by atoms with van der Waals surface area (Å²) in [4.78, 5) is 23.4. The first-order chi connectivity index (χ1) is 7.75. The molecular formula is C10H14INO4. The Balaban J connectivity index is 1.99. The minimum Gasteiger partial charge on any atom is -0.378 e. The van der Waals surface area contributed by atoms with Gasteiger partial charge in [0.25, 0.3) is 11.8 Å². The number of halogens is 1. The summed E-state index contributed by atoms with van der Waals surface area (Å²) in [6, 6.07) is 0. The Morgan fingerprint density at radius 2 is 1.56 bits per heavy atom. The highest BCUT2D eigenvalue weighted by atomic mass is 127. The van der Waals surface area contributed by atoms with Gasteiger partial charge in [-0.15, -0.1) is 0 Å². The number of rotatable bonds is 8. The second-order valence-corrected chi connectivity index (χ2v) is 4.15. The Morgan fingerprint density at radius 1 is 1.00 bits per heavy atom. The first-order valence-electron chi connectivity index (χ1n) is 5.00. The molecule has 5 nitrogen and oxygen atoms in total. The summed E-state index contributed by atoms with van der Waals surface area (Å²) in [5.41, 5.74) is 0. The van der Waals surface area contributed by atoms with Gasteiger partial charge in [0, 0.05) is 16.6 Å². The first-order valence-corrected chi connectivity index (χ1v) is 6.53. The summed E-state index contributed by atoms with van der Waals surface area (Å²) in [6.45, 7) is 2.41. The molecule has 0 bridgehead atoms. The second kappa shape index (κ2) is 7.75. The molecule has 0 aromatic carbocycles. The number of ether oxygens (including phenoxy) is 2. The zero-order valence-corrected chi connectivity index (χ0v) is 11.0. The van der Waals surface area contributed by atoms with Crippen molar-refractivity contribution in [3.8, 4) is 0 Å². The lowest BCUT2D eigenvalue weighted by molar-refractivity contribution is -0.137. The highest BCUT2D eigenvalue weighted by Gasteiger charge is 2.22. The van der Waals surface area contributed by atoms with E-state index < -0.39 is 0 Å². The number of hydrogen-bond acceptors (Lipinski definition) is 4. The number of carbonyl (C=O) groups is 2. The van der Waals surface area contributed by atoms with Crippen molar-refractivity contribution in [2.45, 2.75) is 0 Å². The van der Waals surface area contributed by atoms with Crippen LogP contribution < -0.4 is 0 Å². The van der Waals surface area contributed by atoms with E-state index >= 15 is 0 Å². The van der Waals surface area contributed by atoms with Gasteiger partial charge < -0.3 is 9.47 Å². The topological polar surface area (TPSA) is 55.8 Å². The van der Waals surface area contributed by atoms with Crippen LogP contribution in [0.15, 0.2) is 12.2 Å². The highest BCUT2D eigenvalue weighted by molar-refractivity contribution is 14.1. The SMILES string of the molecule is O=C1C=CC(=O)N1CCOCCOCCI. The average molecular weight is 339 g/mol. The molecule has 0 aromatic rings. The van der Waals surface area contributed by atoms with E-state index in [2.05, 4.69) is 22.6 Å². The van der Waals surface area contributed by atoms with Gasteiger partial charge >= 0.3 is 0 Å². The van der Waals surface area contributed by atoms with Crippen LogP contribution in [-0.4, -0.2) is 54.1 Å². The summed E-state index contributed by atoms with van der Waals surface area (Å²) >= 11 is 2.23. The van der Waals surface area contributed by atoms with Gasteiger partial charge in [-0.2, -0.15) is 0 Å². The molecule has 0 aliphatic carbocycles. The van der Waals surface area contributed by atoms with Crippen molar-refractivity contribution < 1.29 is 19.1 Å². The molecule has 16 heavy (non-hydrogen) atoms. The minimum absolute atomic E-state index is 0.269. The molecule has 1 aliphatic rings. The molecule has 2 amide bonds. The summed E-state index contributed by atoms with van der Waals surface area (Å²) < 4.78 is 11.4. The van der Waals surface area contributed by atoms with Crippen molar-refractivity contribution in [2.24, 2.45) is 0 Å². The third kappa shape index (κ3) is 4.58. The Kier molecular flexibility index (Phi) is 6.58. The van der Waals surface area contributed by atoms with Gasteiger partial charge in [0.05, 0.1) is 33.0 Å². The van der Waals surface area contributed by atoms with Gasteiger partial charge in [0.1, 0.15) is 0 Å². The number of nitrogens with zero attached hydrogens (tertiary/aromatic N) is 1. The summed E-state index contributed by atoms with van der Waals surface area (Å²) in [5.74, 6) is -0.537. The van der Waals surface area contributed by atoms with Crippen LogP contribution in [0.3, 0.4) is 0 Å². The van der Waals surface area contributed by atoms with Crippen molar-refractivity contribution in [3.63, 3.8) is 0 Å². The van der Waals surface area contributed by atoms with Crippen LogP contribution in [0.4, 0.5) is 0 Å². The maximum absolute atomic E-state index is 11.1. The van der Waals surface area contributed by atoms with Gasteiger partial charge in [-0.3, -0.25) is 14.5 Å². The molecule has 6 heteroatoms. The van der Waals surface area contributed by atoms with E-state index in [1.165, 1.54) is 12.2 Å². The fourth-order valence-electron chi connectivity index (χ4n) is 1.18. The van der Waals surface area contributed by atoms with Gasteiger partial charge in [-0.1, -0.05) is 22.6 Å². The van der Waals surface area contributed by atoms with E-state index in [0.717, 1.165) is 15.9 Å². The number of alkyl halides is 1. The van der Waals surface area contributed by atoms with Crippen LogP contribution in [0, 0.1) is 0 Å². The van der Waals surface area contributed by atoms with Crippen molar-refractivity contribution in [3.05, 3.63) is 12.2 Å². The van der Waals surface area contributed by atoms with Crippen molar-refractivity contribution >= 4 is 34.4 Å². The van der Waals surface area contributed by atoms with Crippen LogP contribution in [0.25, 0.3) is 0 Å². The van der Waals surface area contributed by atoms with Crippen molar-refractivity contribution in [1.29, 1.82) is 0 Å². The molecule has 0 fully saturated rings. The quantitative estimate of drug-likeness (QED) is 0.278. The molecule has 90 valence electrons.